The van der Waals surface area contributed by atoms with Gasteiger partial charge in [0.2, 0.25) is 5.91 Å². The van der Waals surface area contributed by atoms with Gasteiger partial charge in [0.25, 0.3) is 5.56 Å². The Morgan fingerprint density at radius 3 is 2.50 bits per heavy atom. The van der Waals surface area contributed by atoms with E-state index in [1.54, 1.807) is 24.9 Å². The van der Waals surface area contributed by atoms with E-state index in [4.69, 9.17) is 9.47 Å². The average molecular weight is 358 g/mol. The van der Waals surface area contributed by atoms with Gasteiger partial charge in [-0.15, -0.1) is 0 Å². The number of ether oxygens (including phenoxy) is 2. The third kappa shape index (κ3) is 4.65. The summed E-state index contributed by atoms with van der Waals surface area (Å²) in [4.78, 5) is 24.3. The molecular weight excluding hydrogens is 332 g/mol. The maximum absolute atomic E-state index is 12.4. The van der Waals surface area contributed by atoms with Gasteiger partial charge in [0, 0.05) is 24.7 Å². The number of nitrogens with zero attached hydrogens (tertiary/aromatic N) is 1. The summed E-state index contributed by atoms with van der Waals surface area (Å²) in [7, 11) is 3.17. The van der Waals surface area contributed by atoms with Crippen LogP contribution < -0.4 is 20.3 Å². The van der Waals surface area contributed by atoms with Gasteiger partial charge in [0.15, 0.2) is 11.5 Å². The van der Waals surface area contributed by atoms with Crippen molar-refractivity contribution >= 4 is 5.91 Å². The minimum atomic E-state index is -0.129. The van der Waals surface area contributed by atoms with Gasteiger partial charge in [0.05, 0.1) is 20.3 Å². The van der Waals surface area contributed by atoms with E-state index in [0.717, 1.165) is 17.7 Å². The van der Waals surface area contributed by atoms with Crippen LogP contribution in [0, 0.1) is 6.92 Å². The van der Waals surface area contributed by atoms with Gasteiger partial charge in [-0.1, -0.05) is 19.1 Å². The van der Waals surface area contributed by atoms with E-state index >= 15 is 0 Å². The fourth-order valence-electron chi connectivity index (χ4n) is 2.88. The highest BCUT2D eigenvalue weighted by atomic mass is 16.5. The van der Waals surface area contributed by atoms with Crippen LogP contribution in [0.5, 0.6) is 11.5 Å². The second kappa shape index (κ2) is 9.08. The molecule has 0 aliphatic rings. The van der Waals surface area contributed by atoms with Crippen molar-refractivity contribution in [3.63, 3.8) is 0 Å². The van der Waals surface area contributed by atoms with Crippen molar-refractivity contribution in [1.82, 2.24) is 9.88 Å². The second-order valence-electron chi connectivity index (χ2n) is 6.05. The van der Waals surface area contributed by atoms with Crippen LogP contribution in [0.3, 0.4) is 0 Å². The van der Waals surface area contributed by atoms with E-state index in [1.807, 2.05) is 38.1 Å². The van der Waals surface area contributed by atoms with Gasteiger partial charge in [0.1, 0.15) is 0 Å². The molecule has 0 saturated heterocycles. The first kappa shape index (κ1) is 19.6. The highest BCUT2D eigenvalue weighted by Gasteiger charge is 2.15. The minimum absolute atomic E-state index is 0.0928. The molecule has 6 heteroatoms. The van der Waals surface area contributed by atoms with Crippen LogP contribution in [0.2, 0.25) is 0 Å². The van der Waals surface area contributed by atoms with E-state index in [2.05, 4.69) is 5.32 Å². The number of hydrogen-bond donors (Lipinski definition) is 1. The molecule has 1 amide bonds. The number of rotatable bonds is 8. The number of carbonyl (C=O) groups excluding carboxylic acids is 1. The Morgan fingerprint density at radius 1 is 1.15 bits per heavy atom. The summed E-state index contributed by atoms with van der Waals surface area (Å²) in [6, 6.07) is 10.6. The molecule has 2 aromatic rings. The molecule has 1 aromatic carbocycles. The average Bonchev–Trinajstić information content (AvgIpc) is 2.65. The quantitative estimate of drug-likeness (QED) is 0.788. The molecule has 0 fully saturated rings. The fraction of sp³-hybridized carbons (Fsp3) is 0.400. The van der Waals surface area contributed by atoms with Crippen LogP contribution in [-0.2, 0) is 11.3 Å². The predicted octanol–water partition coefficient (Wildman–Crippen LogP) is 2.83. The lowest BCUT2D eigenvalue weighted by atomic mass is 10.0. The molecule has 0 bridgehead atoms. The zero-order valence-electron chi connectivity index (χ0n) is 15.7. The molecular formula is C20H26N2O4. The number of amides is 1. The van der Waals surface area contributed by atoms with Crippen molar-refractivity contribution in [2.75, 3.05) is 14.2 Å². The summed E-state index contributed by atoms with van der Waals surface area (Å²) >= 11 is 0. The number of benzene rings is 1. The lowest BCUT2D eigenvalue weighted by Crippen LogP contribution is -2.30. The van der Waals surface area contributed by atoms with Crippen LogP contribution >= 0.6 is 0 Å². The van der Waals surface area contributed by atoms with Crippen molar-refractivity contribution < 1.29 is 14.3 Å². The summed E-state index contributed by atoms with van der Waals surface area (Å²) in [6.07, 6.45) is 0.986. The number of pyridine rings is 1. The highest BCUT2D eigenvalue weighted by Crippen LogP contribution is 2.30. The Bertz CT molecular complexity index is 814. The van der Waals surface area contributed by atoms with Crippen LogP contribution in [-0.4, -0.2) is 24.7 Å². The number of hydrogen-bond acceptors (Lipinski definition) is 4. The van der Waals surface area contributed by atoms with Crippen molar-refractivity contribution in [2.45, 2.75) is 39.3 Å². The van der Waals surface area contributed by atoms with Crippen LogP contribution in [0.15, 0.2) is 41.2 Å². The van der Waals surface area contributed by atoms with Gasteiger partial charge >= 0.3 is 0 Å². The first-order chi connectivity index (χ1) is 12.5. The molecule has 1 atom stereocenters. The van der Waals surface area contributed by atoms with Gasteiger partial charge in [-0.25, -0.2) is 0 Å². The molecule has 1 N–H and O–H groups in total. The van der Waals surface area contributed by atoms with Crippen molar-refractivity contribution in [3.8, 4) is 11.5 Å². The third-order valence-corrected chi connectivity index (χ3v) is 4.38. The van der Waals surface area contributed by atoms with Crippen molar-refractivity contribution in [1.29, 1.82) is 0 Å². The first-order valence-corrected chi connectivity index (χ1v) is 8.67. The maximum atomic E-state index is 12.4. The Morgan fingerprint density at radius 2 is 1.88 bits per heavy atom. The van der Waals surface area contributed by atoms with E-state index in [0.29, 0.717) is 18.0 Å². The topological polar surface area (TPSA) is 69.6 Å². The van der Waals surface area contributed by atoms with E-state index in [1.165, 1.54) is 6.07 Å². The molecule has 140 valence electrons. The van der Waals surface area contributed by atoms with Gasteiger partial charge in [-0.05, 0) is 37.1 Å². The van der Waals surface area contributed by atoms with Crippen molar-refractivity contribution in [3.05, 3.63) is 58.0 Å². The number of aromatic nitrogens is 1. The van der Waals surface area contributed by atoms with Crippen LogP contribution in [0.1, 0.15) is 37.1 Å². The number of methoxy groups -OCH3 is 2. The second-order valence-corrected chi connectivity index (χ2v) is 6.05. The fourth-order valence-corrected chi connectivity index (χ4v) is 2.88. The molecule has 1 unspecified atom stereocenters. The molecule has 0 spiro atoms. The number of carbonyl (C=O) groups is 1. The summed E-state index contributed by atoms with van der Waals surface area (Å²) in [6.45, 7) is 4.23. The molecule has 1 aromatic heterocycles. The lowest BCUT2D eigenvalue weighted by Gasteiger charge is -2.19. The Balaban J connectivity index is 2.05. The lowest BCUT2D eigenvalue weighted by molar-refractivity contribution is -0.122. The molecule has 0 saturated carbocycles. The first-order valence-electron chi connectivity index (χ1n) is 8.67. The van der Waals surface area contributed by atoms with Gasteiger partial charge in [-0.2, -0.15) is 0 Å². The smallest absolute Gasteiger partial charge is 0.250 e. The predicted molar refractivity (Wildman–Crippen MR) is 101 cm³/mol. The number of nitrogens with one attached hydrogen (secondary N) is 1. The van der Waals surface area contributed by atoms with Crippen LogP contribution in [0.25, 0.3) is 0 Å². The SMILES string of the molecule is CCC(NC(=O)CCn1c(C)cccc1=O)c1ccc(OC)c(OC)c1. The molecule has 2 rings (SSSR count). The van der Waals surface area contributed by atoms with Gasteiger partial charge in [-0.3, -0.25) is 9.59 Å². The zero-order valence-corrected chi connectivity index (χ0v) is 15.7. The third-order valence-electron chi connectivity index (χ3n) is 4.38. The summed E-state index contributed by atoms with van der Waals surface area (Å²) in [5.41, 5.74) is 1.70. The van der Waals surface area contributed by atoms with E-state index in [-0.39, 0.29) is 23.9 Å². The monoisotopic (exact) mass is 358 g/mol. The van der Waals surface area contributed by atoms with Crippen molar-refractivity contribution in [2.24, 2.45) is 0 Å². The number of aryl methyl sites for hydroxylation is 1. The maximum Gasteiger partial charge on any atom is 0.250 e. The Hall–Kier alpha value is -2.76. The Kier molecular flexibility index (Phi) is 6.83. The normalized spacial score (nSPS) is 11.7. The standard InChI is InChI=1S/C20H26N2O4/c1-5-16(15-9-10-17(25-3)18(13-15)26-4)21-19(23)11-12-22-14(2)7-6-8-20(22)24/h6-10,13,16H,5,11-12H2,1-4H3,(H,21,23). The van der Waals surface area contributed by atoms with Gasteiger partial charge < -0.3 is 19.4 Å². The highest BCUT2D eigenvalue weighted by molar-refractivity contribution is 5.76. The van der Waals surface area contributed by atoms with E-state index < -0.39 is 0 Å². The minimum Gasteiger partial charge on any atom is -0.493 e. The summed E-state index contributed by atoms with van der Waals surface area (Å²) < 4.78 is 12.2. The molecule has 0 aliphatic carbocycles. The largest absolute Gasteiger partial charge is 0.493 e. The van der Waals surface area contributed by atoms with Crippen LogP contribution in [0.4, 0.5) is 0 Å². The molecule has 6 nitrogen and oxygen atoms in total. The zero-order chi connectivity index (χ0) is 19.1. The molecule has 1 heterocycles. The molecule has 0 radical (unpaired) electrons. The molecule has 26 heavy (non-hydrogen) atoms. The summed E-state index contributed by atoms with van der Waals surface area (Å²) in [5.74, 6) is 1.18. The molecule has 0 aliphatic heterocycles. The van der Waals surface area contributed by atoms with E-state index in [9.17, 15) is 9.59 Å². The summed E-state index contributed by atoms with van der Waals surface area (Å²) in [5, 5.41) is 3.03. The Labute approximate surface area is 153 Å².